The molecule has 2 aromatic heterocycles. The molecule has 0 saturated carbocycles. The van der Waals surface area contributed by atoms with Crippen molar-refractivity contribution >= 4 is 61.5 Å². The predicted molar refractivity (Wildman–Crippen MR) is 262 cm³/mol. The minimum absolute atomic E-state index is 0. The molecule has 1 radical (unpaired) electrons. The smallest absolute Gasteiger partial charge is 0.162 e. The van der Waals surface area contributed by atoms with Crippen LogP contribution in [0.4, 0.5) is 0 Å². The zero-order chi connectivity index (χ0) is 45.0. The minimum atomic E-state index is -1.86. The molecule has 60 heavy (non-hydrogen) atoms. The van der Waals surface area contributed by atoms with E-state index >= 15 is 0 Å². The molecule has 0 unspecified atom stereocenters. The Bertz CT molecular complexity index is 2220. The summed E-state index contributed by atoms with van der Waals surface area (Å²) in [6, 6.07) is 25.2. The number of aliphatic hydroxyl groups is 1. The second-order valence-corrected chi connectivity index (χ2v) is 26.4. The Kier molecular flexibility index (Phi) is 18.0. The number of benzene rings is 3. The van der Waals surface area contributed by atoms with Crippen LogP contribution in [0.15, 0.2) is 66.7 Å². The molecule has 0 aliphatic rings. The Balaban J connectivity index is 0.000000422. The number of fused-ring (bicyclic) bond motifs is 4. The maximum atomic E-state index is 12.3. The third kappa shape index (κ3) is 12.3. The van der Waals surface area contributed by atoms with Gasteiger partial charge in [0.05, 0.1) is 19.3 Å². The number of hydrogen-bond donors (Lipinski definition) is 1. The summed E-state index contributed by atoms with van der Waals surface area (Å²) in [7, 11) is -1.86. The van der Waals surface area contributed by atoms with Crippen LogP contribution in [0.3, 0.4) is 0 Å². The molecule has 331 valence electrons. The summed E-state index contributed by atoms with van der Waals surface area (Å²) in [5.41, 5.74) is 3.95. The number of aliphatic hydroxyl groups excluding tert-OH is 1. The van der Waals surface area contributed by atoms with Gasteiger partial charge in [0.25, 0.3) is 0 Å². The van der Waals surface area contributed by atoms with E-state index in [9.17, 15) is 9.90 Å². The molecule has 4 nitrogen and oxygen atoms in total. The molecule has 3 aromatic carbocycles. The minimum Gasteiger partial charge on any atom is -0.512 e. The van der Waals surface area contributed by atoms with Gasteiger partial charge in [-0.1, -0.05) is 183 Å². The van der Waals surface area contributed by atoms with Gasteiger partial charge in [-0.2, -0.15) is 0 Å². The van der Waals surface area contributed by atoms with Crippen LogP contribution in [0.5, 0.6) is 0 Å². The van der Waals surface area contributed by atoms with Crippen molar-refractivity contribution in [2.75, 3.05) is 0 Å². The first-order valence-corrected chi connectivity index (χ1v) is 25.9. The second-order valence-electron chi connectivity index (χ2n) is 21.1. The predicted octanol–water partition coefficient (Wildman–Crippen LogP) is 15.2. The van der Waals surface area contributed by atoms with Gasteiger partial charge in [0, 0.05) is 58.5 Å². The molecule has 5 rings (SSSR count). The molecule has 7 heteroatoms. The van der Waals surface area contributed by atoms with Gasteiger partial charge in [-0.3, -0.25) is 9.78 Å². The quantitative estimate of drug-likeness (QED) is 0.0491. The molecule has 1 N–H and O–H groups in total. The summed E-state index contributed by atoms with van der Waals surface area (Å²) in [6.07, 6.45) is 1.56. The van der Waals surface area contributed by atoms with E-state index in [1.54, 1.807) is 5.19 Å². The topological polar surface area (TPSA) is 63.1 Å². The van der Waals surface area contributed by atoms with E-state index in [0.717, 1.165) is 26.9 Å². The third-order valence-electron chi connectivity index (χ3n) is 11.9. The van der Waals surface area contributed by atoms with E-state index in [4.69, 9.17) is 11.3 Å². The zero-order valence-electron chi connectivity index (χ0n) is 41.0. The summed E-state index contributed by atoms with van der Waals surface area (Å²) < 4.78 is 11.1. The van der Waals surface area contributed by atoms with Gasteiger partial charge in [-0.15, -0.1) is 40.5 Å². The molecule has 0 fully saturated rings. The third-order valence-corrected chi connectivity index (χ3v) is 19.6. The number of carbonyl (C=O) groups is 1. The Morgan fingerprint density at radius 3 is 1.77 bits per heavy atom. The number of rotatable bonds is 15. The van der Waals surface area contributed by atoms with E-state index in [0.29, 0.717) is 41.4 Å². The summed E-state index contributed by atoms with van der Waals surface area (Å²) in [6.45, 7) is 37.8. The Labute approximate surface area is 384 Å². The van der Waals surface area contributed by atoms with Gasteiger partial charge in [-0.05, 0) is 52.0 Å². The standard InChI is InChI=1S/C36H45N2SSi.C17H32O2.Ir/c1-23(2)19-40(20-24(3)4,21-25(5)6)31-16-12-15-29-33-35(39-34(29)31)32(37-22-38-33)27-17-26-13-10-11-14-28(26)30(18-27)36(7,8)9;1-10(2)16(11(3)4)14(18)9-15(19)17(12(5)6)13(7)8;/h10-16,18,22-25H,19-21H2,1-9H3;9-13,16-18H,1-8H3;/q-1;;/b;14-9-;/i22D;;. The van der Waals surface area contributed by atoms with Gasteiger partial charge in [0.1, 0.15) is 7.67 Å². The molecule has 0 amide bonds. The molecular formula is C53H77IrN2O2SSi-. The van der Waals surface area contributed by atoms with Crippen molar-refractivity contribution in [1.29, 1.82) is 0 Å². The van der Waals surface area contributed by atoms with Crippen LogP contribution in [-0.2, 0) is 30.3 Å². The van der Waals surface area contributed by atoms with Crippen molar-refractivity contribution in [1.82, 2.24) is 9.97 Å². The molecule has 0 saturated heterocycles. The average Bonchev–Trinajstić information content (AvgIpc) is 3.47. The Hall–Kier alpha value is -2.70. The second kappa shape index (κ2) is 21.6. The fourth-order valence-electron chi connectivity index (χ4n) is 10.3. The van der Waals surface area contributed by atoms with E-state index < -0.39 is 8.07 Å². The van der Waals surface area contributed by atoms with Crippen LogP contribution in [0.2, 0.25) is 18.1 Å². The summed E-state index contributed by atoms with van der Waals surface area (Å²) in [4.78, 5) is 21.9. The number of ketones is 1. The van der Waals surface area contributed by atoms with E-state index in [1.165, 1.54) is 45.2 Å². The summed E-state index contributed by atoms with van der Waals surface area (Å²) >= 11 is 1.85. The number of thiophene rings is 1. The van der Waals surface area contributed by atoms with Crippen molar-refractivity contribution in [2.24, 2.45) is 53.3 Å². The maximum Gasteiger partial charge on any atom is 0.162 e. The number of allylic oxidation sites excluding steroid dienone is 2. The normalized spacial score (nSPS) is 13.3. The Morgan fingerprint density at radius 2 is 1.27 bits per heavy atom. The number of aromatic nitrogens is 2. The number of nitrogens with zero attached hydrogens (tertiary/aromatic N) is 2. The van der Waals surface area contributed by atoms with E-state index in [2.05, 4.69) is 172 Å². The van der Waals surface area contributed by atoms with E-state index in [1.807, 2.05) is 11.3 Å². The SMILES string of the molecule is CC(C)C(C(=O)/C=C(\O)C(C(C)C)C(C)C)C(C)C.[2H]c1nc(-c2[c-]c3ccccc3c(C(C)(C)C)c2)c2sc3c([Si](CC(C)C)(CC(C)C)CC(C)C)cccc3c2n1.[Ir]. The van der Waals surface area contributed by atoms with Crippen LogP contribution in [0, 0.1) is 59.3 Å². The van der Waals surface area contributed by atoms with Crippen LogP contribution in [0.25, 0.3) is 42.3 Å². The summed E-state index contributed by atoms with van der Waals surface area (Å²) in [5, 5.41) is 15.4. The van der Waals surface area contributed by atoms with Gasteiger partial charge in [0.2, 0.25) is 0 Å². The van der Waals surface area contributed by atoms with Crippen molar-refractivity contribution in [3.8, 4) is 11.3 Å². The molecule has 5 aromatic rings. The van der Waals surface area contributed by atoms with Crippen molar-refractivity contribution < 1.29 is 31.4 Å². The molecule has 2 heterocycles. The summed E-state index contributed by atoms with van der Waals surface area (Å²) in [5.74, 6) is 3.59. The van der Waals surface area contributed by atoms with Crippen LogP contribution in [-0.4, -0.2) is 28.9 Å². The van der Waals surface area contributed by atoms with E-state index in [-0.39, 0.29) is 55.2 Å². The van der Waals surface area contributed by atoms with Crippen molar-refractivity contribution in [3.63, 3.8) is 0 Å². The Morgan fingerprint density at radius 1 is 0.750 bits per heavy atom. The maximum absolute atomic E-state index is 12.3. The molecule has 0 spiro atoms. The van der Waals surface area contributed by atoms with Crippen LogP contribution >= 0.6 is 11.3 Å². The molecule has 0 aliphatic heterocycles. The molecule has 0 atom stereocenters. The average molecular weight is 1030 g/mol. The van der Waals surface area contributed by atoms with Crippen molar-refractivity contribution in [3.05, 3.63) is 78.3 Å². The first-order chi connectivity index (χ1) is 27.9. The zero-order valence-corrected chi connectivity index (χ0v) is 44.2. The molecule has 0 bridgehead atoms. The number of carbonyl (C=O) groups excluding carboxylic acids is 1. The first-order valence-electron chi connectivity index (χ1n) is 23.0. The first kappa shape index (κ1) is 49.9. The van der Waals surface area contributed by atoms with Gasteiger partial charge in [0.15, 0.2) is 5.78 Å². The molecular weight excluding hydrogens is 949 g/mol. The largest absolute Gasteiger partial charge is 0.512 e. The fourth-order valence-corrected chi connectivity index (χ4v) is 19.2. The van der Waals surface area contributed by atoms with Gasteiger partial charge in [-0.25, -0.2) is 4.98 Å². The van der Waals surface area contributed by atoms with Crippen molar-refractivity contribution in [2.45, 2.75) is 141 Å². The number of hydrogen-bond acceptors (Lipinski definition) is 5. The van der Waals surface area contributed by atoms with Gasteiger partial charge >= 0.3 is 0 Å². The monoisotopic (exact) mass is 1030 g/mol. The van der Waals surface area contributed by atoms with Crippen LogP contribution in [0.1, 0.15) is 125 Å². The fraction of sp³-hybridized carbons (Fsp3) is 0.566. The van der Waals surface area contributed by atoms with Crippen LogP contribution < -0.4 is 5.19 Å². The molecule has 0 aliphatic carbocycles. The van der Waals surface area contributed by atoms with Gasteiger partial charge < -0.3 is 5.11 Å².